The van der Waals surface area contributed by atoms with Gasteiger partial charge in [0.05, 0.1) is 0 Å². The van der Waals surface area contributed by atoms with Crippen molar-refractivity contribution in [2.75, 3.05) is 52.9 Å². The zero-order valence-electron chi connectivity index (χ0n) is 13.9. The topological polar surface area (TPSA) is 18.5 Å². The summed E-state index contributed by atoms with van der Waals surface area (Å²) >= 11 is 0. The van der Waals surface area contributed by atoms with Crippen molar-refractivity contribution in [3.05, 3.63) is 35.9 Å². The van der Waals surface area contributed by atoms with Crippen molar-refractivity contribution in [1.82, 2.24) is 15.1 Å². The van der Waals surface area contributed by atoms with Gasteiger partial charge in [-0.15, -0.1) is 0 Å². The van der Waals surface area contributed by atoms with Gasteiger partial charge in [-0.25, -0.2) is 0 Å². The van der Waals surface area contributed by atoms with E-state index in [1.165, 1.54) is 38.3 Å². The minimum absolute atomic E-state index is 0.610. The molecule has 0 amide bonds. The lowest BCUT2D eigenvalue weighted by Crippen LogP contribution is -2.46. The molecule has 0 aromatic heterocycles. The van der Waals surface area contributed by atoms with Crippen LogP contribution in [-0.2, 0) is 0 Å². The van der Waals surface area contributed by atoms with Crippen LogP contribution in [-0.4, -0.2) is 62.7 Å². The van der Waals surface area contributed by atoms with Crippen LogP contribution in [0.15, 0.2) is 30.3 Å². The Morgan fingerprint density at radius 1 is 1.05 bits per heavy atom. The van der Waals surface area contributed by atoms with Crippen LogP contribution < -0.4 is 5.32 Å². The molecule has 1 heterocycles. The van der Waals surface area contributed by atoms with Crippen molar-refractivity contribution in [2.45, 2.75) is 19.8 Å². The standard InChI is InChI=1S/C18H31N3/c1-16(2)18(17-7-5-4-6-8-17)15-19-9-10-21-13-11-20(3)12-14-21/h4-8,16,18-19H,9-15H2,1-3H3. The van der Waals surface area contributed by atoms with Gasteiger partial charge < -0.3 is 10.2 Å². The van der Waals surface area contributed by atoms with Gasteiger partial charge in [0, 0.05) is 45.8 Å². The summed E-state index contributed by atoms with van der Waals surface area (Å²) in [7, 11) is 2.21. The molecule has 0 radical (unpaired) electrons. The van der Waals surface area contributed by atoms with Crippen molar-refractivity contribution in [1.29, 1.82) is 0 Å². The summed E-state index contributed by atoms with van der Waals surface area (Å²) in [5.41, 5.74) is 1.46. The van der Waals surface area contributed by atoms with E-state index >= 15 is 0 Å². The largest absolute Gasteiger partial charge is 0.315 e. The van der Waals surface area contributed by atoms with Crippen molar-refractivity contribution < 1.29 is 0 Å². The molecular formula is C18H31N3. The van der Waals surface area contributed by atoms with Crippen LogP contribution in [0.5, 0.6) is 0 Å². The van der Waals surface area contributed by atoms with Gasteiger partial charge in [0.2, 0.25) is 0 Å². The van der Waals surface area contributed by atoms with Crippen LogP contribution >= 0.6 is 0 Å². The number of hydrogen-bond acceptors (Lipinski definition) is 3. The first-order valence-electron chi connectivity index (χ1n) is 8.33. The molecule has 1 aromatic rings. The first-order valence-corrected chi connectivity index (χ1v) is 8.33. The van der Waals surface area contributed by atoms with E-state index in [0.29, 0.717) is 11.8 Å². The van der Waals surface area contributed by atoms with E-state index in [1.807, 2.05) is 0 Å². The predicted octanol–water partition coefficient (Wildman–Crippen LogP) is 2.26. The number of hydrogen-bond donors (Lipinski definition) is 1. The number of nitrogens with one attached hydrogen (secondary N) is 1. The minimum atomic E-state index is 0.610. The average molecular weight is 289 g/mol. The Bertz CT molecular complexity index is 383. The molecule has 0 bridgehead atoms. The highest BCUT2D eigenvalue weighted by atomic mass is 15.2. The molecule has 1 atom stereocenters. The quantitative estimate of drug-likeness (QED) is 0.777. The normalized spacial score (nSPS) is 19.0. The molecule has 0 aliphatic carbocycles. The summed E-state index contributed by atoms with van der Waals surface area (Å²) in [6, 6.07) is 10.9. The van der Waals surface area contributed by atoms with Gasteiger partial charge in [-0.05, 0) is 24.4 Å². The second kappa shape index (κ2) is 8.52. The first kappa shape index (κ1) is 16.5. The van der Waals surface area contributed by atoms with Gasteiger partial charge >= 0.3 is 0 Å². The molecule has 1 aromatic carbocycles. The lowest BCUT2D eigenvalue weighted by molar-refractivity contribution is 0.154. The fraction of sp³-hybridized carbons (Fsp3) is 0.667. The van der Waals surface area contributed by atoms with E-state index < -0.39 is 0 Å². The van der Waals surface area contributed by atoms with Crippen LogP contribution in [0.3, 0.4) is 0 Å². The van der Waals surface area contributed by atoms with E-state index in [2.05, 4.69) is 66.3 Å². The van der Waals surface area contributed by atoms with Crippen LogP contribution in [0.25, 0.3) is 0 Å². The van der Waals surface area contributed by atoms with Crippen molar-refractivity contribution >= 4 is 0 Å². The Morgan fingerprint density at radius 2 is 1.71 bits per heavy atom. The molecule has 1 N–H and O–H groups in total. The summed E-state index contributed by atoms with van der Waals surface area (Å²) in [6.07, 6.45) is 0. The third-order valence-electron chi connectivity index (χ3n) is 4.60. The van der Waals surface area contributed by atoms with E-state index in [-0.39, 0.29) is 0 Å². The Balaban J connectivity index is 1.71. The van der Waals surface area contributed by atoms with Gasteiger partial charge in [-0.3, -0.25) is 4.90 Å². The zero-order chi connectivity index (χ0) is 15.1. The minimum Gasteiger partial charge on any atom is -0.315 e. The molecular weight excluding hydrogens is 258 g/mol. The first-order chi connectivity index (χ1) is 10.2. The van der Waals surface area contributed by atoms with Gasteiger partial charge in [0.25, 0.3) is 0 Å². The third-order valence-corrected chi connectivity index (χ3v) is 4.60. The number of rotatable bonds is 7. The third kappa shape index (κ3) is 5.42. The van der Waals surface area contributed by atoms with Crippen molar-refractivity contribution in [3.63, 3.8) is 0 Å². The van der Waals surface area contributed by atoms with Gasteiger partial charge in [-0.1, -0.05) is 44.2 Å². The Kier molecular flexibility index (Phi) is 6.68. The fourth-order valence-corrected chi connectivity index (χ4v) is 3.00. The highest BCUT2D eigenvalue weighted by molar-refractivity contribution is 5.20. The lowest BCUT2D eigenvalue weighted by atomic mass is 9.88. The molecule has 1 aliphatic rings. The van der Waals surface area contributed by atoms with Crippen LogP contribution in [0.1, 0.15) is 25.3 Å². The summed E-state index contributed by atoms with van der Waals surface area (Å²) in [5, 5.41) is 3.67. The maximum atomic E-state index is 3.67. The van der Waals surface area contributed by atoms with E-state index in [9.17, 15) is 0 Å². The molecule has 21 heavy (non-hydrogen) atoms. The second-order valence-electron chi connectivity index (χ2n) is 6.61. The molecule has 1 fully saturated rings. The number of benzene rings is 1. The van der Waals surface area contributed by atoms with E-state index in [0.717, 1.165) is 13.1 Å². The van der Waals surface area contributed by atoms with Crippen LogP contribution in [0.4, 0.5) is 0 Å². The molecule has 3 heteroatoms. The Hall–Kier alpha value is -0.900. The zero-order valence-corrected chi connectivity index (χ0v) is 13.9. The number of likely N-dealkylation sites (N-methyl/N-ethyl adjacent to an activating group) is 1. The number of nitrogens with zero attached hydrogens (tertiary/aromatic N) is 2. The average Bonchev–Trinajstić information content (AvgIpc) is 2.49. The monoisotopic (exact) mass is 289 g/mol. The molecule has 1 unspecified atom stereocenters. The molecule has 1 aliphatic heterocycles. The van der Waals surface area contributed by atoms with Gasteiger partial charge in [-0.2, -0.15) is 0 Å². The molecule has 1 saturated heterocycles. The smallest absolute Gasteiger partial charge is 0.0110 e. The summed E-state index contributed by atoms with van der Waals surface area (Å²) < 4.78 is 0. The SMILES string of the molecule is CC(C)C(CNCCN1CCN(C)CC1)c1ccccc1. The number of piperazine rings is 1. The van der Waals surface area contributed by atoms with Crippen molar-refractivity contribution in [2.24, 2.45) is 5.92 Å². The van der Waals surface area contributed by atoms with Gasteiger partial charge in [0.1, 0.15) is 0 Å². The summed E-state index contributed by atoms with van der Waals surface area (Å²) in [6.45, 7) is 12.8. The van der Waals surface area contributed by atoms with Crippen LogP contribution in [0, 0.1) is 5.92 Å². The molecule has 3 nitrogen and oxygen atoms in total. The van der Waals surface area contributed by atoms with Gasteiger partial charge in [0.15, 0.2) is 0 Å². The maximum Gasteiger partial charge on any atom is 0.0110 e. The summed E-state index contributed by atoms with van der Waals surface area (Å²) in [4.78, 5) is 4.98. The maximum absolute atomic E-state index is 3.67. The highest BCUT2D eigenvalue weighted by Gasteiger charge is 2.16. The second-order valence-corrected chi connectivity index (χ2v) is 6.61. The highest BCUT2D eigenvalue weighted by Crippen LogP contribution is 2.23. The molecule has 0 saturated carbocycles. The predicted molar refractivity (Wildman–Crippen MR) is 90.8 cm³/mol. The van der Waals surface area contributed by atoms with Crippen LogP contribution in [0.2, 0.25) is 0 Å². The Morgan fingerprint density at radius 3 is 2.33 bits per heavy atom. The Labute approximate surface area is 130 Å². The lowest BCUT2D eigenvalue weighted by Gasteiger charge is -2.32. The van der Waals surface area contributed by atoms with E-state index in [1.54, 1.807) is 0 Å². The van der Waals surface area contributed by atoms with Crippen molar-refractivity contribution in [3.8, 4) is 0 Å². The fourth-order valence-electron chi connectivity index (χ4n) is 3.00. The molecule has 118 valence electrons. The van der Waals surface area contributed by atoms with E-state index in [4.69, 9.17) is 0 Å². The molecule has 0 spiro atoms. The summed E-state index contributed by atoms with van der Waals surface area (Å²) in [5.74, 6) is 1.28. The molecule has 2 rings (SSSR count).